The molecular weight excluding hydrogens is 200 g/mol. The first-order valence-corrected chi connectivity index (χ1v) is 5.39. The van der Waals surface area contributed by atoms with E-state index < -0.39 is 0 Å². The molecule has 1 unspecified atom stereocenters. The first-order valence-electron chi connectivity index (χ1n) is 4.40. The van der Waals surface area contributed by atoms with E-state index in [4.69, 9.17) is 0 Å². The second-order valence-corrected chi connectivity index (χ2v) is 4.14. The van der Waals surface area contributed by atoms with E-state index in [9.17, 15) is 0 Å². The van der Waals surface area contributed by atoms with Crippen molar-refractivity contribution in [2.24, 2.45) is 12.0 Å². The summed E-state index contributed by atoms with van der Waals surface area (Å²) in [7, 11) is 1.76. The monoisotopic (exact) mass is 212 g/mol. The Bertz CT molecular complexity index is 346. The third-order valence-electron chi connectivity index (χ3n) is 1.77. The maximum absolute atomic E-state index is 4.32. The second kappa shape index (κ2) is 3.95. The molecule has 2 heterocycles. The Morgan fingerprint density at radius 2 is 2.50 bits per heavy atom. The van der Waals surface area contributed by atoms with Crippen molar-refractivity contribution in [3.63, 3.8) is 0 Å². The first-order chi connectivity index (χ1) is 6.74. The summed E-state index contributed by atoms with van der Waals surface area (Å²) in [6, 6.07) is 0.451. The Kier molecular flexibility index (Phi) is 2.67. The average molecular weight is 212 g/mol. The van der Waals surface area contributed by atoms with Crippen LogP contribution >= 0.6 is 11.8 Å². The van der Waals surface area contributed by atoms with Crippen molar-refractivity contribution >= 4 is 16.9 Å². The van der Waals surface area contributed by atoms with Gasteiger partial charge in [-0.1, -0.05) is 11.8 Å². The minimum Gasteiger partial charge on any atom is -0.361 e. The van der Waals surface area contributed by atoms with Gasteiger partial charge in [0.05, 0.1) is 19.3 Å². The molecule has 0 saturated carbocycles. The average Bonchev–Trinajstić information content (AvgIpc) is 2.72. The fourth-order valence-electron chi connectivity index (χ4n) is 1.12. The maximum Gasteiger partial charge on any atom is 0.185 e. The van der Waals surface area contributed by atoms with Crippen LogP contribution in [0, 0.1) is 0 Å². The molecule has 0 spiro atoms. The van der Waals surface area contributed by atoms with Crippen molar-refractivity contribution in [3.05, 3.63) is 5.82 Å². The van der Waals surface area contributed by atoms with Gasteiger partial charge in [-0.3, -0.25) is 4.99 Å². The molecule has 0 fully saturated rings. The van der Waals surface area contributed by atoms with Crippen LogP contribution in [0.3, 0.4) is 0 Å². The summed E-state index contributed by atoms with van der Waals surface area (Å²) in [6.07, 6.45) is 0. The van der Waals surface area contributed by atoms with Gasteiger partial charge in [-0.05, 0) is 12.1 Å². The summed E-state index contributed by atoms with van der Waals surface area (Å²) in [5, 5.41) is 16.0. The summed E-state index contributed by atoms with van der Waals surface area (Å²) in [6.45, 7) is 2.97. The molecular formula is C7H12N6S. The van der Waals surface area contributed by atoms with E-state index in [1.165, 1.54) is 4.80 Å². The Morgan fingerprint density at radius 1 is 1.64 bits per heavy atom. The van der Waals surface area contributed by atoms with E-state index >= 15 is 0 Å². The van der Waals surface area contributed by atoms with Crippen molar-refractivity contribution < 1.29 is 0 Å². The number of hydrogen-bond acceptors (Lipinski definition) is 6. The zero-order valence-electron chi connectivity index (χ0n) is 8.14. The molecule has 14 heavy (non-hydrogen) atoms. The van der Waals surface area contributed by atoms with Crippen LogP contribution in [-0.4, -0.2) is 38.0 Å². The van der Waals surface area contributed by atoms with Crippen molar-refractivity contribution in [2.45, 2.75) is 18.7 Å². The maximum atomic E-state index is 4.32. The number of aliphatic imine (C=N–C) groups is 1. The van der Waals surface area contributed by atoms with Gasteiger partial charge < -0.3 is 5.32 Å². The largest absolute Gasteiger partial charge is 0.361 e. The Labute approximate surface area is 86.2 Å². The molecule has 1 atom stereocenters. The van der Waals surface area contributed by atoms with E-state index in [1.807, 2.05) is 0 Å². The van der Waals surface area contributed by atoms with Crippen LogP contribution < -0.4 is 5.32 Å². The summed E-state index contributed by atoms with van der Waals surface area (Å²) in [4.78, 5) is 5.79. The minimum absolute atomic E-state index is 0.451. The topological polar surface area (TPSA) is 68.0 Å². The van der Waals surface area contributed by atoms with Gasteiger partial charge >= 0.3 is 0 Å². The van der Waals surface area contributed by atoms with E-state index in [1.54, 1.807) is 18.8 Å². The number of aromatic nitrogens is 4. The smallest absolute Gasteiger partial charge is 0.185 e. The number of nitrogens with one attached hydrogen (secondary N) is 1. The van der Waals surface area contributed by atoms with Crippen molar-refractivity contribution in [1.29, 1.82) is 0 Å². The summed E-state index contributed by atoms with van der Waals surface area (Å²) in [5.74, 6) is 1.45. The van der Waals surface area contributed by atoms with Crippen molar-refractivity contribution in [1.82, 2.24) is 25.5 Å². The Morgan fingerprint density at radius 3 is 3.07 bits per heavy atom. The lowest BCUT2D eigenvalue weighted by Crippen LogP contribution is -2.25. The van der Waals surface area contributed by atoms with E-state index in [0.717, 1.165) is 17.5 Å². The minimum atomic E-state index is 0.451. The van der Waals surface area contributed by atoms with Crippen LogP contribution in [0.15, 0.2) is 4.99 Å². The highest BCUT2D eigenvalue weighted by Gasteiger charge is 2.13. The lowest BCUT2D eigenvalue weighted by Gasteiger charge is -2.02. The van der Waals surface area contributed by atoms with Crippen LogP contribution in [0.1, 0.15) is 12.7 Å². The fraction of sp³-hybridized carbons (Fsp3) is 0.714. The predicted molar refractivity (Wildman–Crippen MR) is 55.0 cm³/mol. The molecule has 6 nitrogen and oxygen atoms in total. The third kappa shape index (κ3) is 2.22. The van der Waals surface area contributed by atoms with Crippen LogP contribution in [0.4, 0.5) is 0 Å². The van der Waals surface area contributed by atoms with Gasteiger partial charge in [0.1, 0.15) is 0 Å². The normalized spacial score (nSPS) is 20.7. The molecule has 1 aliphatic rings. The van der Waals surface area contributed by atoms with Gasteiger partial charge in [0.15, 0.2) is 11.0 Å². The molecule has 0 radical (unpaired) electrons. The zero-order valence-corrected chi connectivity index (χ0v) is 8.95. The molecule has 7 heteroatoms. The van der Waals surface area contributed by atoms with Gasteiger partial charge in [0.25, 0.3) is 0 Å². The first kappa shape index (κ1) is 9.45. The van der Waals surface area contributed by atoms with E-state index in [0.29, 0.717) is 11.8 Å². The predicted octanol–water partition coefficient (Wildman–Crippen LogP) is -0.209. The van der Waals surface area contributed by atoms with Gasteiger partial charge in [-0.2, -0.15) is 4.80 Å². The van der Waals surface area contributed by atoms with Crippen LogP contribution in [0.2, 0.25) is 0 Å². The summed E-state index contributed by atoms with van der Waals surface area (Å²) >= 11 is 1.61. The number of amidine groups is 1. The number of tetrazole rings is 1. The zero-order chi connectivity index (χ0) is 9.97. The Balaban J connectivity index is 1.83. The van der Waals surface area contributed by atoms with Crippen molar-refractivity contribution in [3.8, 4) is 0 Å². The highest BCUT2D eigenvalue weighted by Crippen LogP contribution is 2.12. The molecule has 0 aromatic carbocycles. The Hall–Kier alpha value is -1.11. The number of hydrogen-bond donors (Lipinski definition) is 1. The van der Waals surface area contributed by atoms with Crippen molar-refractivity contribution in [2.75, 3.05) is 6.54 Å². The van der Waals surface area contributed by atoms with E-state index in [2.05, 4.69) is 32.6 Å². The van der Waals surface area contributed by atoms with Gasteiger partial charge in [0.2, 0.25) is 0 Å². The number of aryl methyl sites for hydroxylation is 1. The molecule has 0 amide bonds. The number of rotatable bonds is 2. The van der Waals surface area contributed by atoms with Crippen LogP contribution in [0.25, 0.3) is 0 Å². The van der Waals surface area contributed by atoms with Gasteiger partial charge in [-0.25, -0.2) is 0 Å². The molecule has 1 aliphatic heterocycles. The molecule has 1 aromatic heterocycles. The molecule has 1 aromatic rings. The highest BCUT2D eigenvalue weighted by molar-refractivity contribution is 8.13. The van der Waals surface area contributed by atoms with E-state index in [-0.39, 0.29) is 0 Å². The van der Waals surface area contributed by atoms with Gasteiger partial charge in [-0.15, -0.1) is 10.2 Å². The van der Waals surface area contributed by atoms with Gasteiger partial charge in [0, 0.05) is 6.04 Å². The molecule has 76 valence electrons. The summed E-state index contributed by atoms with van der Waals surface area (Å²) < 4.78 is 0. The number of thioether (sulfide) groups is 1. The van der Waals surface area contributed by atoms with Crippen LogP contribution in [-0.2, 0) is 12.8 Å². The molecule has 0 aliphatic carbocycles. The van der Waals surface area contributed by atoms with Crippen LogP contribution in [0.5, 0.6) is 0 Å². The second-order valence-electron chi connectivity index (χ2n) is 3.18. The molecule has 1 N–H and O–H groups in total. The highest BCUT2D eigenvalue weighted by atomic mass is 32.2. The summed E-state index contributed by atoms with van der Waals surface area (Å²) in [5.41, 5.74) is 0. The molecule has 0 bridgehead atoms. The molecule has 0 saturated heterocycles. The lowest BCUT2D eigenvalue weighted by molar-refractivity contribution is 0.628. The standard InChI is InChI=1S/C7H12N6S/c1-5-3-8-7(9-5)14-4-6-10-12-13(2)11-6/h5H,3-4H2,1-2H3,(H,8,9). The fourth-order valence-corrected chi connectivity index (χ4v) is 1.95. The lowest BCUT2D eigenvalue weighted by atomic mass is 10.4. The quantitative estimate of drug-likeness (QED) is 0.734. The third-order valence-corrected chi connectivity index (χ3v) is 2.69. The SMILES string of the molecule is CC1CN=C(SCc2nnn(C)n2)N1. The number of nitrogens with zero attached hydrogens (tertiary/aromatic N) is 5. The molecule has 2 rings (SSSR count).